The topological polar surface area (TPSA) is 107 Å². The fourth-order valence-corrected chi connectivity index (χ4v) is 1.81. The quantitative estimate of drug-likeness (QED) is 0.571. The molecule has 7 nitrogen and oxygen atoms in total. The third-order valence-electron chi connectivity index (χ3n) is 2.76. The maximum Gasteiger partial charge on any atom is 0.326 e. The van der Waals surface area contributed by atoms with Gasteiger partial charge >= 0.3 is 11.9 Å². The Morgan fingerprint density at radius 1 is 1.41 bits per heavy atom. The van der Waals surface area contributed by atoms with E-state index in [9.17, 15) is 14.4 Å². The highest BCUT2D eigenvalue weighted by Crippen LogP contribution is 2.14. The SMILES string of the molecule is CN1CCC(C(=O)NC(CC(=O)O)C(=O)O)C1. The highest BCUT2D eigenvalue weighted by molar-refractivity contribution is 5.87. The lowest BCUT2D eigenvalue weighted by Gasteiger charge is -2.15. The van der Waals surface area contributed by atoms with Crippen LogP contribution in [-0.2, 0) is 14.4 Å². The fraction of sp³-hybridized carbons (Fsp3) is 0.700. The molecule has 0 aromatic heterocycles. The average Bonchev–Trinajstić information content (AvgIpc) is 2.63. The molecule has 3 N–H and O–H groups in total. The zero-order valence-corrected chi connectivity index (χ0v) is 9.55. The van der Waals surface area contributed by atoms with E-state index >= 15 is 0 Å². The highest BCUT2D eigenvalue weighted by Gasteiger charge is 2.30. The molecule has 17 heavy (non-hydrogen) atoms. The lowest BCUT2D eigenvalue weighted by atomic mass is 10.1. The molecule has 0 aromatic rings. The Labute approximate surface area is 98.4 Å². The van der Waals surface area contributed by atoms with Crippen LogP contribution in [-0.4, -0.2) is 59.1 Å². The standard InChI is InChI=1S/C10H16N2O5/c1-12-3-2-6(5-12)9(15)11-7(10(16)17)4-8(13)14/h6-7H,2-5H2,1H3,(H,11,15)(H,13,14)(H,16,17). The Balaban J connectivity index is 2.52. The molecule has 1 aliphatic heterocycles. The van der Waals surface area contributed by atoms with E-state index in [1.165, 1.54) is 0 Å². The minimum Gasteiger partial charge on any atom is -0.481 e. The average molecular weight is 244 g/mol. The van der Waals surface area contributed by atoms with Crippen molar-refractivity contribution in [3.05, 3.63) is 0 Å². The molecule has 0 saturated carbocycles. The summed E-state index contributed by atoms with van der Waals surface area (Å²) in [5.41, 5.74) is 0. The second-order valence-corrected chi connectivity index (χ2v) is 4.25. The first-order valence-corrected chi connectivity index (χ1v) is 5.33. The van der Waals surface area contributed by atoms with E-state index in [1.54, 1.807) is 0 Å². The van der Waals surface area contributed by atoms with Crippen LogP contribution in [0.1, 0.15) is 12.8 Å². The summed E-state index contributed by atoms with van der Waals surface area (Å²) in [4.78, 5) is 34.9. The van der Waals surface area contributed by atoms with Gasteiger partial charge < -0.3 is 20.4 Å². The van der Waals surface area contributed by atoms with Crippen molar-refractivity contribution in [2.75, 3.05) is 20.1 Å². The summed E-state index contributed by atoms with van der Waals surface area (Å²) in [7, 11) is 1.87. The Kier molecular flexibility index (Phi) is 4.45. The molecule has 7 heteroatoms. The van der Waals surface area contributed by atoms with Crippen molar-refractivity contribution in [1.82, 2.24) is 10.2 Å². The number of rotatable bonds is 5. The number of hydrogen-bond acceptors (Lipinski definition) is 4. The van der Waals surface area contributed by atoms with Crippen LogP contribution < -0.4 is 5.32 Å². The van der Waals surface area contributed by atoms with Crippen molar-refractivity contribution < 1.29 is 24.6 Å². The molecule has 1 rings (SSSR count). The summed E-state index contributed by atoms with van der Waals surface area (Å²) < 4.78 is 0. The van der Waals surface area contributed by atoms with Gasteiger partial charge in [-0.1, -0.05) is 0 Å². The number of likely N-dealkylation sites (tertiary alicyclic amines) is 1. The molecule has 0 spiro atoms. The zero-order valence-electron chi connectivity index (χ0n) is 9.55. The molecule has 1 saturated heterocycles. The fourth-order valence-electron chi connectivity index (χ4n) is 1.81. The summed E-state index contributed by atoms with van der Waals surface area (Å²) in [6.07, 6.45) is 0.0609. The summed E-state index contributed by atoms with van der Waals surface area (Å²) in [6.45, 7) is 1.36. The number of hydrogen-bond donors (Lipinski definition) is 3. The van der Waals surface area contributed by atoms with Crippen LogP contribution in [0.3, 0.4) is 0 Å². The van der Waals surface area contributed by atoms with Crippen molar-refractivity contribution in [3.8, 4) is 0 Å². The molecule has 0 radical (unpaired) electrons. The van der Waals surface area contributed by atoms with E-state index in [1.807, 2.05) is 11.9 Å². The Hall–Kier alpha value is -1.63. The van der Waals surface area contributed by atoms with Gasteiger partial charge in [0.1, 0.15) is 6.04 Å². The molecule has 2 atom stereocenters. The van der Waals surface area contributed by atoms with Gasteiger partial charge in [0.25, 0.3) is 0 Å². The predicted octanol–water partition coefficient (Wildman–Crippen LogP) is -1.02. The van der Waals surface area contributed by atoms with Crippen LogP contribution >= 0.6 is 0 Å². The monoisotopic (exact) mass is 244 g/mol. The number of carboxylic acid groups (broad SMARTS) is 2. The van der Waals surface area contributed by atoms with Crippen LogP contribution in [0.25, 0.3) is 0 Å². The van der Waals surface area contributed by atoms with Crippen LogP contribution in [0.15, 0.2) is 0 Å². The summed E-state index contributed by atoms with van der Waals surface area (Å²) in [6, 6.07) is -1.36. The Bertz CT molecular complexity index is 331. The third kappa shape index (κ3) is 4.03. The van der Waals surface area contributed by atoms with Crippen molar-refractivity contribution in [2.45, 2.75) is 18.9 Å². The molecular formula is C10H16N2O5. The summed E-state index contributed by atoms with van der Waals surface area (Å²) in [5.74, 6) is -3.22. The Morgan fingerprint density at radius 2 is 2.06 bits per heavy atom. The third-order valence-corrected chi connectivity index (χ3v) is 2.76. The van der Waals surface area contributed by atoms with Gasteiger partial charge in [-0.15, -0.1) is 0 Å². The molecule has 96 valence electrons. The molecular weight excluding hydrogens is 228 g/mol. The largest absolute Gasteiger partial charge is 0.481 e. The smallest absolute Gasteiger partial charge is 0.326 e. The van der Waals surface area contributed by atoms with Crippen molar-refractivity contribution in [2.24, 2.45) is 5.92 Å². The molecule has 0 bridgehead atoms. The van der Waals surface area contributed by atoms with Gasteiger partial charge in [0.2, 0.25) is 5.91 Å². The summed E-state index contributed by atoms with van der Waals surface area (Å²) in [5, 5.41) is 19.6. The number of aliphatic carboxylic acids is 2. The van der Waals surface area contributed by atoms with E-state index in [2.05, 4.69) is 5.32 Å². The maximum absolute atomic E-state index is 11.7. The second-order valence-electron chi connectivity index (χ2n) is 4.25. The van der Waals surface area contributed by atoms with Gasteiger partial charge in [0, 0.05) is 6.54 Å². The minimum absolute atomic E-state index is 0.254. The molecule has 1 amide bonds. The number of nitrogens with zero attached hydrogens (tertiary/aromatic N) is 1. The second kappa shape index (κ2) is 5.62. The van der Waals surface area contributed by atoms with Crippen LogP contribution in [0.4, 0.5) is 0 Å². The van der Waals surface area contributed by atoms with E-state index < -0.39 is 24.4 Å². The predicted molar refractivity (Wildman–Crippen MR) is 57.4 cm³/mol. The van der Waals surface area contributed by atoms with E-state index in [0.717, 1.165) is 6.54 Å². The van der Waals surface area contributed by atoms with Gasteiger partial charge in [0.15, 0.2) is 0 Å². The number of amides is 1. The first-order chi connectivity index (χ1) is 7.90. The van der Waals surface area contributed by atoms with Gasteiger partial charge in [-0.2, -0.15) is 0 Å². The lowest BCUT2D eigenvalue weighted by molar-refractivity contribution is -0.147. The van der Waals surface area contributed by atoms with E-state index in [0.29, 0.717) is 13.0 Å². The molecule has 1 fully saturated rings. The first-order valence-electron chi connectivity index (χ1n) is 5.33. The molecule has 0 aliphatic carbocycles. The molecule has 1 heterocycles. The van der Waals surface area contributed by atoms with Crippen LogP contribution in [0.5, 0.6) is 0 Å². The van der Waals surface area contributed by atoms with Gasteiger partial charge in [0.05, 0.1) is 12.3 Å². The van der Waals surface area contributed by atoms with Gasteiger partial charge in [-0.3, -0.25) is 9.59 Å². The van der Waals surface area contributed by atoms with Gasteiger partial charge in [-0.05, 0) is 20.0 Å². The number of carbonyl (C=O) groups excluding carboxylic acids is 1. The number of carboxylic acids is 2. The first kappa shape index (κ1) is 13.4. The van der Waals surface area contributed by atoms with Crippen molar-refractivity contribution in [1.29, 1.82) is 0 Å². The number of nitrogens with one attached hydrogen (secondary N) is 1. The Morgan fingerprint density at radius 3 is 2.47 bits per heavy atom. The number of carbonyl (C=O) groups is 3. The lowest BCUT2D eigenvalue weighted by Crippen LogP contribution is -2.45. The van der Waals surface area contributed by atoms with Crippen molar-refractivity contribution in [3.63, 3.8) is 0 Å². The molecule has 1 aliphatic rings. The van der Waals surface area contributed by atoms with E-state index in [4.69, 9.17) is 10.2 Å². The van der Waals surface area contributed by atoms with Crippen LogP contribution in [0.2, 0.25) is 0 Å². The molecule has 0 aromatic carbocycles. The molecule has 2 unspecified atom stereocenters. The van der Waals surface area contributed by atoms with Crippen molar-refractivity contribution >= 4 is 17.8 Å². The van der Waals surface area contributed by atoms with Gasteiger partial charge in [-0.25, -0.2) is 4.79 Å². The van der Waals surface area contributed by atoms with Crippen LogP contribution in [0, 0.1) is 5.92 Å². The summed E-state index contributed by atoms with van der Waals surface area (Å²) >= 11 is 0. The van der Waals surface area contributed by atoms with E-state index in [-0.39, 0.29) is 11.8 Å². The zero-order chi connectivity index (χ0) is 13.0. The normalized spacial score (nSPS) is 22.1. The minimum atomic E-state index is -1.36. The highest BCUT2D eigenvalue weighted by atomic mass is 16.4. The maximum atomic E-state index is 11.7.